The topological polar surface area (TPSA) is 44.8 Å². The van der Waals surface area contributed by atoms with E-state index in [0.29, 0.717) is 0 Å². The minimum atomic E-state index is -0.380. The number of cyclic esters (lactones) is 1. The number of methoxy groups -OCH3 is 1. The zero-order chi connectivity index (χ0) is 13.7. The first kappa shape index (κ1) is 14.8. The van der Waals surface area contributed by atoms with Crippen molar-refractivity contribution >= 4 is 5.97 Å². The lowest BCUT2D eigenvalue weighted by molar-refractivity contribution is -0.164. The van der Waals surface area contributed by atoms with Crippen molar-refractivity contribution < 1.29 is 19.0 Å². The van der Waals surface area contributed by atoms with E-state index in [9.17, 15) is 4.79 Å². The number of hydrogen-bond acceptors (Lipinski definition) is 4. The third-order valence-electron chi connectivity index (χ3n) is 4.23. The number of unbranched alkanes of at least 4 members (excludes halogenated alkanes) is 5. The van der Waals surface area contributed by atoms with Crippen molar-refractivity contribution in [3.63, 3.8) is 0 Å². The van der Waals surface area contributed by atoms with Crippen molar-refractivity contribution in [2.45, 2.75) is 76.8 Å². The second-order valence-corrected chi connectivity index (χ2v) is 5.65. The summed E-state index contributed by atoms with van der Waals surface area (Å²) in [5.41, 5.74) is 0. The fraction of sp³-hybridized carbons (Fsp3) is 0.933. The smallest absolute Gasteiger partial charge is 0.336 e. The SMILES string of the molecule is CCCCCCCC[C@H]1OC(=O)[C@H]2O[C@H](OC)C[C@H]21. The van der Waals surface area contributed by atoms with Crippen LogP contribution in [-0.2, 0) is 19.0 Å². The summed E-state index contributed by atoms with van der Waals surface area (Å²) in [6.07, 6.45) is 8.79. The second kappa shape index (κ2) is 7.25. The highest BCUT2D eigenvalue weighted by Gasteiger charge is 2.51. The summed E-state index contributed by atoms with van der Waals surface area (Å²) in [5.74, 6) is 0.00799. The Bertz CT molecular complexity index is 292. The molecule has 0 spiro atoms. The highest BCUT2D eigenvalue weighted by molar-refractivity contribution is 5.78. The lowest BCUT2D eigenvalue weighted by atomic mass is 9.93. The third kappa shape index (κ3) is 3.69. The molecule has 2 heterocycles. The van der Waals surface area contributed by atoms with Crippen LogP contribution in [0.4, 0.5) is 0 Å². The molecule has 2 aliphatic heterocycles. The van der Waals surface area contributed by atoms with Gasteiger partial charge < -0.3 is 14.2 Å². The van der Waals surface area contributed by atoms with E-state index in [-0.39, 0.29) is 30.4 Å². The van der Waals surface area contributed by atoms with Crippen LogP contribution in [0.2, 0.25) is 0 Å². The highest BCUT2D eigenvalue weighted by Crippen LogP contribution is 2.38. The molecule has 19 heavy (non-hydrogen) atoms. The first-order chi connectivity index (χ1) is 9.26. The van der Waals surface area contributed by atoms with Crippen molar-refractivity contribution in [1.82, 2.24) is 0 Å². The first-order valence-electron chi connectivity index (χ1n) is 7.65. The maximum Gasteiger partial charge on any atom is 0.336 e. The van der Waals surface area contributed by atoms with E-state index in [0.717, 1.165) is 19.3 Å². The van der Waals surface area contributed by atoms with Crippen LogP contribution < -0.4 is 0 Å². The average molecular weight is 270 g/mol. The van der Waals surface area contributed by atoms with Gasteiger partial charge in [0.1, 0.15) is 6.10 Å². The summed E-state index contributed by atoms with van der Waals surface area (Å²) in [4.78, 5) is 11.7. The zero-order valence-corrected chi connectivity index (χ0v) is 12.1. The Labute approximate surface area is 115 Å². The summed E-state index contributed by atoms with van der Waals surface area (Å²) in [7, 11) is 1.62. The molecule has 0 bridgehead atoms. The molecule has 0 aromatic rings. The van der Waals surface area contributed by atoms with E-state index in [1.165, 1.54) is 32.1 Å². The van der Waals surface area contributed by atoms with Crippen LogP contribution >= 0.6 is 0 Å². The molecule has 0 unspecified atom stereocenters. The maximum absolute atomic E-state index is 11.7. The number of ether oxygens (including phenoxy) is 3. The number of carbonyl (C=O) groups is 1. The Hall–Kier alpha value is -0.610. The standard InChI is InChI=1S/C15H26O4/c1-3-4-5-6-7-8-9-12-11-10-13(17-2)19-14(11)15(16)18-12/h11-14H,3-10H2,1-2H3/t11-,12+,13-,14-/m0/s1. The normalized spacial score (nSPS) is 33.5. The zero-order valence-electron chi connectivity index (χ0n) is 12.1. The third-order valence-corrected chi connectivity index (χ3v) is 4.23. The van der Waals surface area contributed by atoms with Crippen LogP contribution in [0.5, 0.6) is 0 Å². The summed E-state index contributed by atoms with van der Waals surface area (Å²) in [6.45, 7) is 2.23. The van der Waals surface area contributed by atoms with Gasteiger partial charge in [-0.1, -0.05) is 39.0 Å². The van der Waals surface area contributed by atoms with Crippen LogP contribution in [0.3, 0.4) is 0 Å². The van der Waals surface area contributed by atoms with Crippen LogP contribution in [0.15, 0.2) is 0 Å². The predicted molar refractivity (Wildman–Crippen MR) is 71.7 cm³/mol. The van der Waals surface area contributed by atoms with Gasteiger partial charge in [0, 0.05) is 19.4 Å². The van der Waals surface area contributed by atoms with Crippen molar-refractivity contribution in [2.24, 2.45) is 5.92 Å². The van der Waals surface area contributed by atoms with E-state index in [1.54, 1.807) is 7.11 Å². The van der Waals surface area contributed by atoms with Gasteiger partial charge in [-0.15, -0.1) is 0 Å². The molecule has 110 valence electrons. The molecule has 2 saturated heterocycles. The summed E-state index contributed by atoms with van der Waals surface area (Å²) < 4.78 is 16.2. The summed E-state index contributed by atoms with van der Waals surface area (Å²) >= 11 is 0. The van der Waals surface area contributed by atoms with Gasteiger partial charge in [-0.3, -0.25) is 0 Å². The van der Waals surface area contributed by atoms with Crippen molar-refractivity contribution in [1.29, 1.82) is 0 Å². The Morgan fingerprint density at radius 3 is 2.68 bits per heavy atom. The summed E-state index contributed by atoms with van der Waals surface area (Å²) in [5, 5.41) is 0. The highest BCUT2D eigenvalue weighted by atomic mass is 16.7. The Morgan fingerprint density at radius 1 is 1.21 bits per heavy atom. The number of fused-ring (bicyclic) bond motifs is 1. The maximum atomic E-state index is 11.7. The van der Waals surface area contributed by atoms with Gasteiger partial charge in [0.2, 0.25) is 0 Å². The van der Waals surface area contributed by atoms with Gasteiger partial charge in [0.15, 0.2) is 12.4 Å². The molecule has 4 nitrogen and oxygen atoms in total. The molecule has 2 aliphatic rings. The lowest BCUT2D eigenvalue weighted by Crippen LogP contribution is -2.20. The molecule has 4 heteroatoms. The van der Waals surface area contributed by atoms with Gasteiger partial charge in [-0.05, 0) is 12.8 Å². The largest absolute Gasteiger partial charge is 0.460 e. The number of rotatable bonds is 8. The van der Waals surface area contributed by atoms with E-state index < -0.39 is 0 Å². The Kier molecular flexibility index (Phi) is 5.64. The van der Waals surface area contributed by atoms with E-state index in [4.69, 9.17) is 14.2 Å². The monoisotopic (exact) mass is 270 g/mol. The van der Waals surface area contributed by atoms with Gasteiger partial charge in [-0.2, -0.15) is 0 Å². The minimum absolute atomic E-state index is 0.0452. The van der Waals surface area contributed by atoms with Gasteiger partial charge >= 0.3 is 5.97 Å². The molecule has 2 rings (SSSR count). The minimum Gasteiger partial charge on any atom is -0.460 e. The number of carbonyl (C=O) groups excluding carboxylic acids is 1. The summed E-state index contributed by atoms with van der Waals surface area (Å²) in [6, 6.07) is 0. The van der Waals surface area contributed by atoms with Crippen LogP contribution in [0.1, 0.15) is 58.3 Å². The molecule has 0 saturated carbocycles. The van der Waals surface area contributed by atoms with Crippen LogP contribution in [-0.4, -0.2) is 31.6 Å². The Balaban J connectivity index is 1.68. The van der Waals surface area contributed by atoms with E-state index in [1.807, 2.05) is 0 Å². The predicted octanol–water partition coefficient (Wildman–Crippen LogP) is 3.04. The molecule has 0 N–H and O–H groups in total. The lowest BCUT2D eigenvalue weighted by Gasteiger charge is -2.15. The first-order valence-corrected chi connectivity index (χ1v) is 7.65. The van der Waals surface area contributed by atoms with Crippen LogP contribution in [0, 0.1) is 5.92 Å². The molecular weight excluding hydrogens is 244 g/mol. The van der Waals surface area contributed by atoms with Crippen LogP contribution in [0.25, 0.3) is 0 Å². The second-order valence-electron chi connectivity index (χ2n) is 5.65. The van der Waals surface area contributed by atoms with Gasteiger partial charge in [0.25, 0.3) is 0 Å². The fourth-order valence-electron chi connectivity index (χ4n) is 3.10. The molecular formula is C15H26O4. The average Bonchev–Trinajstić information content (AvgIpc) is 2.95. The Morgan fingerprint density at radius 2 is 1.95 bits per heavy atom. The molecule has 0 radical (unpaired) electrons. The number of hydrogen-bond donors (Lipinski definition) is 0. The quantitative estimate of drug-likeness (QED) is 0.502. The molecule has 0 aromatic carbocycles. The van der Waals surface area contributed by atoms with E-state index in [2.05, 4.69) is 6.92 Å². The molecule has 2 fully saturated rings. The number of esters is 1. The van der Waals surface area contributed by atoms with Crippen molar-refractivity contribution in [3.8, 4) is 0 Å². The van der Waals surface area contributed by atoms with Gasteiger partial charge in [0.05, 0.1) is 0 Å². The molecule has 0 aromatic heterocycles. The van der Waals surface area contributed by atoms with Crippen molar-refractivity contribution in [2.75, 3.05) is 7.11 Å². The molecule has 0 aliphatic carbocycles. The fourth-order valence-corrected chi connectivity index (χ4v) is 3.10. The molecule has 0 amide bonds. The molecule has 4 atom stereocenters. The van der Waals surface area contributed by atoms with Crippen molar-refractivity contribution in [3.05, 3.63) is 0 Å². The van der Waals surface area contributed by atoms with Gasteiger partial charge in [-0.25, -0.2) is 4.79 Å². The van der Waals surface area contributed by atoms with E-state index >= 15 is 0 Å².